The van der Waals surface area contributed by atoms with E-state index >= 15 is 0 Å². The molecule has 0 aliphatic rings. The zero-order chi connectivity index (χ0) is 14.3. The quantitative estimate of drug-likeness (QED) is 0.612. The molecule has 1 aromatic rings. The molecule has 1 atom stereocenters. The molecule has 4 heteroatoms. The van der Waals surface area contributed by atoms with Crippen molar-refractivity contribution >= 4 is 17.6 Å². The summed E-state index contributed by atoms with van der Waals surface area (Å²) in [6.45, 7) is 4.41. The molecule has 0 aromatic heterocycles. The van der Waals surface area contributed by atoms with Crippen LogP contribution in [0.15, 0.2) is 18.2 Å². The molecule has 0 aliphatic carbocycles. The highest BCUT2D eigenvalue weighted by Crippen LogP contribution is 2.24. The summed E-state index contributed by atoms with van der Waals surface area (Å²) in [6, 6.07) is 5.43. The van der Waals surface area contributed by atoms with E-state index in [0.29, 0.717) is 18.1 Å². The zero-order valence-corrected chi connectivity index (χ0v) is 12.2. The summed E-state index contributed by atoms with van der Waals surface area (Å²) in [7, 11) is 0. The van der Waals surface area contributed by atoms with E-state index in [2.05, 4.69) is 0 Å². The van der Waals surface area contributed by atoms with E-state index in [1.807, 2.05) is 26.0 Å². The number of aliphatic hydroxyl groups excluding tert-OH is 1. The minimum atomic E-state index is -0.683. The lowest BCUT2D eigenvalue weighted by molar-refractivity contribution is -0.144. The van der Waals surface area contributed by atoms with Gasteiger partial charge in [0.2, 0.25) is 0 Å². The second-order valence-electron chi connectivity index (χ2n) is 4.64. The molecule has 1 aromatic carbocycles. The number of ether oxygens (including phenoxy) is 1. The lowest BCUT2D eigenvalue weighted by Gasteiger charge is -2.12. The van der Waals surface area contributed by atoms with Crippen LogP contribution in [-0.2, 0) is 9.53 Å². The predicted octanol–water partition coefficient (Wildman–Crippen LogP) is 3.81. The number of unbranched alkanes of at least 4 members (excludes halogenated alkanes) is 1. The van der Waals surface area contributed by atoms with Crippen LogP contribution in [0.2, 0.25) is 5.02 Å². The fraction of sp³-hybridized carbons (Fsp3) is 0.533. The van der Waals surface area contributed by atoms with Gasteiger partial charge in [0.1, 0.15) is 0 Å². The van der Waals surface area contributed by atoms with Crippen LogP contribution in [0.3, 0.4) is 0 Å². The third-order valence-electron chi connectivity index (χ3n) is 2.96. The number of esters is 1. The van der Waals surface area contributed by atoms with Crippen LogP contribution in [0.25, 0.3) is 0 Å². The predicted molar refractivity (Wildman–Crippen MR) is 76.2 cm³/mol. The van der Waals surface area contributed by atoms with Gasteiger partial charge in [-0.05, 0) is 37.0 Å². The molecule has 0 fully saturated rings. The van der Waals surface area contributed by atoms with Crippen LogP contribution < -0.4 is 0 Å². The minimum absolute atomic E-state index is 0.219. The normalized spacial score (nSPS) is 12.2. The first kappa shape index (κ1) is 16.0. The van der Waals surface area contributed by atoms with Gasteiger partial charge in [0.15, 0.2) is 0 Å². The van der Waals surface area contributed by atoms with Gasteiger partial charge in [-0.15, -0.1) is 0 Å². The number of rotatable bonds is 7. The minimum Gasteiger partial charge on any atom is -0.466 e. The molecule has 1 rings (SSSR count). The Kier molecular flexibility index (Phi) is 6.89. The molecule has 1 unspecified atom stereocenters. The molecule has 1 N–H and O–H groups in total. The first-order valence-electron chi connectivity index (χ1n) is 6.64. The highest BCUT2D eigenvalue weighted by Gasteiger charge is 2.12. The fourth-order valence-corrected chi connectivity index (χ4v) is 1.83. The van der Waals surface area contributed by atoms with Crippen LogP contribution in [0.1, 0.15) is 49.8 Å². The van der Waals surface area contributed by atoms with Gasteiger partial charge in [0.25, 0.3) is 0 Å². The smallest absolute Gasteiger partial charge is 0.305 e. The van der Waals surface area contributed by atoms with Crippen molar-refractivity contribution in [1.82, 2.24) is 0 Å². The molecule has 0 saturated heterocycles. The van der Waals surface area contributed by atoms with E-state index in [9.17, 15) is 9.90 Å². The Morgan fingerprint density at radius 2 is 2.21 bits per heavy atom. The fourth-order valence-electron chi connectivity index (χ4n) is 1.64. The summed E-state index contributed by atoms with van der Waals surface area (Å²) in [5, 5.41) is 10.6. The highest BCUT2D eigenvalue weighted by molar-refractivity contribution is 6.31. The third kappa shape index (κ3) is 5.62. The van der Waals surface area contributed by atoms with Gasteiger partial charge in [0, 0.05) is 11.4 Å². The van der Waals surface area contributed by atoms with Gasteiger partial charge in [-0.2, -0.15) is 0 Å². The van der Waals surface area contributed by atoms with E-state index in [4.69, 9.17) is 16.3 Å². The van der Waals surface area contributed by atoms with Crippen molar-refractivity contribution in [1.29, 1.82) is 0 Å². The molecule has 0 radical (unpaired) electrons. The maximum absolute atomic E-state index is 11.4. The summed E-state index contributed by atoms with van der Waals surface area (Å²) in [6.07, 6.45) is 1.76. The average molecular weight is 285 g/mol. The SMILES string of the molecule is CCCCOC(=O)CCC(O)c1ccc(C)c(Cl)c1. The lowest BCUT2D eigenvalue weighted by atomic mass is 10.0. The van der Waals surface area contributed by atoms with Crippen molar-refractivity contribution in [2.75, 3.05) is 6.61 Å². The molecule has 0 amide bonds. The number of aliphatic hydroxyl groups is 1. The highest BCUT2D eigenvalue weighted by atomic mass is 35.5. The topological polar surface area (TPSA) is 46.5 Å². The molecular weight excluding hydrogens is 264 g/mol. The van der Waals surface area contributed by atoms with E-state index < -0.39 is 6.10 Å². The van der Waals surface area contributed by atoms with Gasteiger partial charge in [-0.25, -0.2) is 0 Å². The van der Waals surface area contributed by atoms with Crippen molar-refractivity contribution in [3.63, 3.8) is 0 Å². The summed E-state index contributed by atoms with van der Waals surface area (Å²) in [5.41, 5.74) is 1.70. The zero-order valence-electron chi connectivity index (χ0n) is 11.5. The average Bonchev–Trinajstić information content (AvgIpc) is 2.39. The number of carbonyl (C=O) groups excluding carboxylic acids is 1. The maximum atomic E-state index is 11.4. The Labute approximate surface area is 119 Å². The molecule has 19 heavy (non-hydrogen) atoms. The molecule has 106 valence electrons. The largest absolute Gasteiger partial charge is 0.466 e. The van der Waals surface area contributed by atoms with Crippen LogP contribution in [0.4, 0.5) is 0 Å². The number of hydrogen-bond donors (Lipinski definition) is 1. The summed E-state index contributed by atoms with van der Waals surface area (Å²) in [4.78, 5) is 11.4. The first-order valence-corrected chi connectivity index (χ1v) is 7.02. The van der Waals surface area contributed by atoms with Crippen LogP contribution in [0, 0.1) is 6.92 Å². The number of benzene rings is 1. The van der Waals surface area contributed by atoms with Crippen LogP contribution >= 0.6 is 11.6 Å². The molecule has 0 spiro atoms. The Morgan fingerprint density at radius 1 is 1.47 bits per heavy atom. The Bertz CT molecular complexity index is 418. The Morgan fingerprint density at radius 3 is 2.84 bits per heavy atom. The van der Waals surface area contributed by atoms with Gasteiger partial charge in [-0.3, -0.25) is 4.79 Å². The van der Waals surface area contributed by atoms with E-state index in [1.54, 1.807) is 6.07 Å². The van der Waals surface area contributed by atoms with E-state index in [1.165, 1.54) is 0 Å². The van der Waals surface area contributed by atoms with Crippen LogP contribution in [0.5, 0.6) is 0 Å². The maximum Gasteiger partial charge on any atom is 0.305 e. The molecule has 0 bridgehead atoms. The molecule has 0 heterocycles. The van der Waals surface area contributed by atoms with E-state index in [0.717, 1.165) is 24.0 Å². The number of halogens is 1. The summed E-state index contributed by atoms with van der Waals surface area (Å²) < 4.78 is 5.04. The monoisotopic (exact) mass is 284 g/mol. The van der Waals surface area contributed by atoms with Gasteiger partial charge in [0.05, 0.1) is 12.7 Å². The lowest BCUT2D eigenvalue weighted by Crippen LogP contribution is -2.08. The summed E-state index contributed by atoms with van der Waals surface area (Å²) in [5.74, 6) is -0.259. The second-order valence-corrected chi connectivity index (χ2v) is 5.04. The Balaban J connectivity index is 2.40. The van der Waals surface area contributed by atoms with Crippen molar-refractivity contribution < 1.29 is 14.6 Å². The third-order valence-corrected chi connectivity index (χ3v) is 3.37. The van der Waals surface area contributed by atoms with Crippen molar-refractivity contribution in [3.8, 4) is 0 Å². The van der Waals surface area contributed by atoms with Crippen molar-refractivity contribution in [2.24, 2.45) is 0 Å². The standard InChI is InChI=1S/C15H21ClO3/c1-3-4-9-19-15(18)8-7-14(17)12-6-5-11(2)13(16)10-12/h5-6,10,14,17H,3-4,7-9H2,1-2H3. The second kappa shape index (κ2) is 8.18. The Hall–Kier alpha value is -1.06. The van der Waals surface area contributed by atoms with Gasteiger partial charge < -0.3 is 9.84 Å². The van der Waals surface area contributed by atoms with E-state index in [-0.39, 0.29) is 12.4 Å². The van der Waals surface area contributed by atoms with Crippen molar-refractivity contribution in [2.45, 2.75) is 45.6 Å². The molecular formula is C15H21ClO3. The van der Waals surface area contributed by atoms with Crippen molar-refractivity contribution in [3.05, 3.63) is 34.3 Å². The number of carbonyl (C=O) groups is 1. The summed E-state index contributed by atoms with van der Waals surface area (Å²) >= 11 is 6.00. The van der Waals surface area contributed by atoms with Gasteiger partial charge in [-0.1, -0.05) is 37.1 Å². The molecule has 0 saturated carbocycles. The first-order chi connectivity index (χ1) is 9.04. The van der Waals surface area contributed by atoms with Crippen LogP contribution in [-0.4, -0.2) is 17.7 Å². The molecule has 0 aliphatic heterocycles. The number of hydrogen-bond acceptors (Lipinski definition) is 3. The molecule has 3 nitrogen and oxygen atoms in total. The van der Waals surface area contributed by atoms with Gasteiger partial charge >= 0.3 is 5.97 Å². The number of aryl methyl sites for hydroxylation is 1.